The quantitative estimate of drug-likeness (QED) is 0.801. The van der Waals surface area contributed by atoms with Gasteiger partial charge in [-0.15, -0.1) is 0 Å². The van der Waals surface area contributed by atoms with E-state index in [0.29, 0.717) is 23.3 Å². The Hall–Kier alpha value is -0.790. The molecule has 0 aliphatic heterocycles. The molecule has 5 nitrogen and oxygen atoms in total. The third kappa shape index (κ3) is 3.05. The highest BCUT2D eigenvalue weighted by Crippen LogP contribution is 2.38. The SMILES string of the molecule is CC1CCCC(N)(c2nc(-c3ncc(Br)cc3Br)no2)C1. The van der Waals surface area contributed by atoms with Gasteiger partial charge in [0.25, 0.3) is 0 Å². The van der Waals surface area contributed by atoms with Crippen molar-refractivity contribution in [3.63, 3.8) is 0 Å². The standard InChI is InChI=1S/C14H16Br2N4O/c1-8-3-2-4-14(17,6-8)13-19-12(20-21-13)11-10(16)5-9(15)7-18-11/h5,7-8H,2-4,6,17H2,1H3. The van der Waals surface area contributed by atoms with Crippen LogP contribution < -0.4 is 5.73 Å². The van der Waals surface area contributed by atoms with Crippen LogP contribution in [0.2, 0.25) is 0 Å². The molecule has 2 atom stereocenters. The van der Waals surface area contributed by atoms with Gasteiger partial charge in [0, 0.05) is 15.1 Å². The summed E-state index contributed by atoms with van der Waals surface area (Å²) in [4.78, 5) is 8.81. The molecule has 2 N–H and O–H groups in total. The Labute approximate surface area is 140 Å². The van der Waals surface area contributed by atoms with Crippen LogP contribution in [0.25, 0.3) is 11.5 Å². The molecule has 2 unspecified atom stereocenters. The third-order valence-corrected chi connectivity index (χ3v) is 4.94. The van der Waals surface area contributed by atoms with Crippen LogP contribution in [0, 0.1) is 5.92 Å². The van der Waals surface area contributed by atoms with E-state index in [9.17, 15) is 0 Å². The van der Waals surface area contributed by atoms with E-state index in [2.05, 4.69) is 53.9 Å². The number of nitrogens with zero attached hydrogens (tertiary/aromatic N) is 3. The summed E-state index contributed by atoms with van der Waals surface area (Å²) in [7, 11) is 0. The molecule has 0 spiro atoms. The number of hydrogen-bond acceptors (Lipinski definition) is 5. The summed E-state index contributed by atoms with van der Waals surface area (Å²) in [5.74, 6) is 1.56. The zero-order valence-corrected chi connectivity index (χ0v) is 14.8. The van der Waals surface area contributed by atoms with Gasteiger partial charge in [-0.2, -0.15) is 4.98 Å². The minimum atomic E-state index is -0.509. The molecule has 0 aromatic carbocycles. The van der Waals surface area contributed by atoms with Crippen LogP contribution in [0.15, 0.2) is 25.7 Å². The van der Waals surface area contributed by atoms with Gasteiger partial charge < -0.3 is 10.3 Å². The fourth-order valence-corrected chi connectivity index (χ4v) is 4.05. The van der Waals surface area contributed by atoms with Crippen molar-refractivity contribution in [1.29, 1.82) is 0 Å². The molecule has 3 rings (SSSR count). The predicted molar refractivity (Wildman–Crippen MR) is 86.4 cm³/mol. The number of nitrogens with two attached hydrogens (primary N) is 1. The average molecular weight is 416 g/mol. The van der Waals surface area contributed by atoms with Crippen LogP contribution in [0.4, 0.5) is 0 Å². The predicted octanol–water partition coefficient (Wildman–Crippen LogP) is 4.02. The maximum absolute atomic E-state index is 6.49. The number of rotatable bonds is 2. The number of pyridine rings is 1. The Balaban J connectivity index is 1.92. The lowest BCUT2D eigenvalue weighted by Crippen LogP contribution is -2.41. The zero-order valence-electron chi connectivity index (χ0n) is 11.6. The van der Waals surface area contributed by atoms with Gasteiger partial charge in [-0.1, -0.05) is 24.9 Å². The smallest absolute Gasteiger partial charge is 0.247 e. The van der Waals surface area contributed by atoms with Crippen molar-refractivity contribution in [2.75, 3.05) is 0 Å². The first kappa shape index (κ1) is 15.1. The zero-order chi connectivity index (χ0) is 15.0. The van der Waals surface area contributed by atoms with E-state index < -0.39 is 5.54 Å². The molecule has 2 aromatic heterocycles. The maximum atomic E-state index is 6.49. The van der Waals surface area contributed by atoms with Crippen molar-refractivity contribution in [2.24, 2.45) is 11.7 Å². The first-order chi connectivity index (χ1) is 9.98. The fourth-order valence-electron chi connectivity index (χ4n) is 2.89. The van der Waals surface area contributed by atoms with E-state index in [0.717, 1.165) is 28.2 Å². The minimum absolute atomic E-state index is 0.465. The molecule has 1 fully saturated rings. The van der Waals surface area contributed by atoms with Crippen LogP contribution >= 0.6 is 31.9 Å². The van der Waals surface area contributed by atoms with Crippen molar-refractivity contribution in [2.45, 2.75) is 38.1 Å². The molecule has 1 saturated carbocycles. The van der Waals surface area contributed by atoms with Crippen LogP contribution in [-0.4, -0.2) is 15.1 Å². The summed E-state index contributed by atoms with van der Waals surface area (Å²) in [5, 5.41) is 4.05. The van der Waals surface area contributed by atoms with Crippen molar-refractivity contribution in [1.82, 2.24) is 15.1 Å². The second-order valence-corrected chi connectivity index (χ2v) is 7.53. The van der Waals surface area contributed by atoms with Crippen molar-refractivity contribution in [3.05, 3.63) is 27.1 Å². The Morgan fingerprint density at radius 1 is 1.43 bits per heavy atom. The highest BCUT2D eigenvalue weighted by molar-refractivity contribution is 9.11. The van der Waals surface area contributed by atoms with Crippen LogP contribution in [0.5, 0.6) is 0 Å². The van der Waals surface area contributed by atoms with Gasteiger partial charge in [0.1, 0.15) is 5.69 Å². The van der Waals surface area contributed by atoms with Crippen molar-refractivity contribution >= 4 is 31.9 Å². The summed E-state index contributed by atoms with van der Waals surface area (Å²) < 4.78 is 7.14. The van der Waals surface area contributed by atoms with E-state index in [-0.39, 0.29) is 0 Å². The van der Waals surface area contributed by atoms with Gasteiger partial charge in [-0.05, 0) is 56.7 Å². The molecule has 2 heterocycles. The van der Waals surface area contributed by atoms with E-state index in [4.69, 9.17) is 10.3 Å². The fraction of sp³-hybridized carbons (Fsp3) is 0.500. The summed E-state index contributed by atoms with van der Waals surface area (Å²) in [6.07, 6.45) is 5.77. The monoisotopic (exact) mass is 414 g/mol. The van der Waals surface area contributed by atoms with Crippen LogP contribution in [0.3, 0.4) is 0 Å². The van der Waals surface area contributed by atoms with Gasteiger partial charge in [-0.25, -0.2) is 0 Å². The Bertz CT molecular complexity index is 660. The number of hydrogen-bond donors (Lipinski definition) is 1. The van der Waals surface area contributed by atoms with Gasteiger partial charge in [0.2, 0.25) is 11.7 Å². The Morgan fingerprint density at radius 3 is 2.95 bits per heavy atom. The summed E-state index contributed by atoms with van der Waals surface area (Å²) in [5.41, 5.74) is 6.63. The van der Waals surface area contributed by atoms with Crippen LogP contribution in [0.1, 0.15) is 38.5 Å². The number of halogens is 2. The molecule has 7 heteroatoms. The lowest BCUT2D eigenvalue weighted by atomic mass is 9.77. The molecule has 1 aliphatic carbocycles. The highest BCUT2D eigenvalue weighted by Gasteiger charge is 2.38. The molecule has 21 heavy (non-hydrogen) atoms. The molecule has 2 aromatic rings. The minimum Gasteiger partial charge on any atom is -0.337 e. The molecular weight excluding hydrogens is 400 g/mol. The first-order valence-corrected chi connectivity index (χ1v) is 8.51. The highest BCUT2D eigenvalue weighted by atomic mass is 79.9. The van der Waals surface area contributed by atoms with Crippen molar-refractivity contribution < 1.29 is 4.52 Å². The topological polar surface area (TPSA) is 77.8 Å². The van der Waals surface area contributed by atoms with Crippen molar-refractivity contribution in [3.8, 4) is 11.5 Å². The lowest BCUT2D eigenvalue weighted by Gasteiger charge is -2.33. The third-order valence-electron chi connectivity index (χ3n) is 3.90. The van der Waals surface area contributed by atoms with E-state index in [1.54, 1.807) is 6.20 Å². The lowest BCUT2D eigenvalue weighted by molar-refractivity contribution is 0.183. The molecule has 0 saturated heterocycles. The average Bonchev–Trinajstić information content (AvgIpc) is 2.88. The summed E-state index contributed by atoms with van der Waals surface area (Å²) in [6.45, 7) is 2.21. The second kappa shape index (κ2) is 5.78. The second-order valence-electron chi connectivity index (χ2n) is 5.76. The van der Waals surface area contributed by atoms with Gasteiger partial charge in [0.15, 0.2) is 0 Å². The van der Waals surface area contributed by atoms with E-state index >= 15 is 0 Å². The normalized spacial score (nSPS) is 26.0. The van der Waals surface area contributed by atoms with Gasteiger partial charge in [-0.3, -0.25) is 4.98 Å². The van der Waals surface area contributed by atoms with Gasteiger partial charge in [0.05, 0.1) is 5.54 Å². The molecule has 1 aliphatic rings. The molecule has 112 valence electrons. The summed E-state index contributed by atoms with van der Waals surface area (Å²) in [6, 6.07) is 1.90. The van der Waals surface area contributed by atoms with E-state index in [1.807, 2.05) is 6.07 Å². The largest absolute Gasteiger partial charge is 0.337 e. The molecule has 0 bridgehead atoms. The van der Waals surface area contributed by atoms with Crippen LogP contribution in [-0.2, 0) is 5.54 Å². The Kier molecular flexibility index (Phi) is 4.16. The van der Waals surface area contributed by atoms with Gasteiger partial charge >= 0.3 is 0 Å². The summed E-state index contributed by atoms with van der Waals surface area (Å²) >= 11 is 6.84. The number of aromatic nitrogens is 3. The molecule has 0 radical (unpaired) electrons. The molecular formula is C14H16Br2N4O. The first-order valence-electron chi connectivity index (χ1n) is 6.92. The van der Waals surface area contributed by atoms with E-state index in [1.165, 1.54) is 6.42 Å². The maximum Gasteiger partial charge on any atom is 0.247 e. The Morgan fingerprint density at radius 2 is 2.24 bits per heavy atom. The molecule has 0 amide bonds.